The van der Waals surface area contributed by atoms with Crippen LogP contribution in [0.25, 0.3) is 0 Å². The van der Waals surface area contributed by atoms with E-state index in [1.807, 2.05) is 6.26 Å². The monoisotopic (exact) mass is 335 g/mol. The fourth-order valence-electron chi connectivity index (χ4n) is 2.37. The van der Waals surface area contributed by atoms with Crippen LogP contribution in [0.4, 0.5) is 0 Å². The van der Waals surface area contributed by atoms with Crippen LogP contribution in [0.1, 0.15) is 31.2 Å². The van der Waals surface area contributed by atoms with Crippen LogP contribution < -0.4 is 0 Å². The lowest BCUT2D eigenvalue weighted by Crippen LogP contribution is -2.36. The maximum absolute atomic E-state index is 11.7. The summed E-state index contributed by atoms with van der Waals surface area (Å²) in [5, 5.41) is 9.29. The predicted molar refractivity (Wildman–Crippen MR) is 84.1 cm³/mol. The molecule has 2 rings (SSSR count). The zero-order valence-electron chi connectivity index (χ0n) is 11.9. The van der Waals surface area contributed by atoms with Gasteiger partial charge in [-0.1, -0.05) is 36.4 Å². The van der Waals surface area contributed by atoms with E-state index in [9.17, 15) is 8.42 Å². The summed E-state index contributed by atoms with van der Waals surface area (Å²) in [7, 11) is -2.84. The molecule has 1 aromatic heterocycles. The molecule has 1 aromatic rings. The third-order valence-electron chi connectivity index (χ3n) is 3.48. The van der Waals surface area contributed by atoms with Crippen molar-refractivity contribution < 1.29 is 8.42 Å². The molecule has 0 aliphatic carbocycles. The molecule has 0 amide bonds. The highest BCUT2D eigenvalue weighted by atomic mass is 32.2. The largest absolute Gasteiger partial charge is 0.293 e. The second-order valence-corrected chi connectivity index (χ2v) is 9.39. The zero-order chi connectivity index (χ0) is 14.6. The highest BCUT2D eigenvalue weighted by Gasteiger charge is 2.32. The van der Waals surface area contributed by atoms with Crippen molar-refractivity contribution in [3.05, 3.63) is 5.01 Å². The number of sulfone groups is 1. The minimum Gasteiger partial charge on any atom is -0.293 e. The van der Waals surface area contributed by atoms with Crippen molar-refractivity contribution in [1.29, 1.82) is 0 Å². The molecule has 0 bridgehead atoms. The van der Waals surface area contributed by atoms with E-state index in [1.54, 1.807) is 23.1 Å². The quantitative estimate of drug-likeness (QED) is 0.711. The molecular weight excluding hydrogens is 314 g/mol. The molecule has 0 spiro atoms. The molecule has 1 aliphatic rings. The molecule has 5 nitrogen and oxygen atoms in total. The molecule has 0 unspecified atom stereocenters. The van der Waals surface area contributed by atoms with Crippen molar-refractivity contribution in [2.24, 2.45) is 0 Å². The molecule has 1 atom stereocenters. The summed E-state index contributed by atoms with van der Waals surface area (Å²) in [5.74, 6) is 0.622. The topological polar surface area (TPSA) is 63.2 Å². The van der Waals surface area contributed by atoms with Gasteiger partial charge in [0.05, 0.1) is 18.1 Å². The first kappa shape index (κ1) is 16.2. The Bertz CT molecular complexity index is 530. The van der Waals surface area contributed by atoms with Crippen LogP contribution in [0.15, 0.2) is 4.34 Å². The van der Waals surface area contributed by atoms with Crippen molar-refractivity contribution in [3.63, 3.8) is 0 Å². The number of rotatable bonds is 7. The average molecular weight is 336 g/mol. The number of hydrogen-bond donors (Lipinski definition) is 0. The number of nitrogens with zero attached hydrogens (tertiary/aromatic N) is 3. The van der Waals surface area contributed by atoms with E-state index in [4.69, 9.17) is 0 Å². The van der Waals surface area contributed by atoms with Gasteiger partial charge in [-0.2, -0.15) is 0 Å². The van der Waals surface area contributed by atoms with Gasteiger partial charge in [0, 0.05) is 6.04 Å². The summed E-state index contributed by atoms with van der Waals surface area (Å²) in [6.07, 6.45) is 4.94. The highest BCUT2D eigenvalue weighted by molar-refractivity contribution is 8.00. The van der Waals surface area contributed by atoms with E-state index in [2.05, 4.69) is 22.0 Å². The van der Waals surface area contributed by atoms with E-state index in [-0.39, 0.29) is 6.04 Å². The van der Waals surface area contributed by atoms with E-state index in [0.29, 0.717) is 11.5 Å². The molecule has 20 heavy (non-hydrogen) atoms. The zero-order valence-corrected chi connectivity index (χ0v) is 14.4. The molecular formula is C12H21N3O2S3. The normalized spacial score (nSPS) is 21.6. The lowest BCUT2D eigenvalue weighted by Gasteiger charge is -2.26. The van der Waals surface area contributed by atoms with Gasteiger partial charge in [-0.25, -0.2) is 8.42 Å². The second-order valence-electron chi connectivity index (χ2n) is 5.05. The first-order valence-electron chi connectivity index (χ1n) is 6.85. The molecule has 0 saturated carbocycles. The molecule has 2 heterocycles. The van der Waals surface area contributed by atoms with E-state index < -0.39 is 9.84 Å². The summed E-state index contributed by atoms with van der Waals surface area (Å²) in [6, 6.07) is 0.146. The Morgan fingerprint density at radius 2 is 2.25 bits per heavy atom. The summed E-state index contributed by atoms with van der Waals surface area (Å²) < 4.78 is 24.3. The fraction of sp³-hybridized carbons (Fsp3) is 0.833. The third-order valence-corrected chi connectivity index (χ3v) is 7.12. The van der Waals surface area contributed by atoms with Gasteiger partial charge in [0.1, 0.15) is 5.01 Å². The maximum Gasteiger partial charge on any atom is 0.174 e. The summed E-state index contributed by atoms with van der Waals surface area (Å²) >= 11 is 3.20. The molecule has 0 radical (unpaired) electrons. The number of thioether (sulfide) groups is 1. The molecule has 0 aromatic carbocycles. The molecule has 114 valence electrons. The lowest BCUT2D eigenvalue weighted by atomic mass is 10.2. The highest BCUT2D eigenvalue weighted by Crippen LogP contribution is 2.24. The van der Waals surface area contributed by atoms with Gasteiger partial charge >= 0.3 is 0 Å². The van der Waals surface area contributed by atoms with Crippen LogP contribution in [0, 0.1) is 0 Å². The Kier molecular flexibility index (Phi) is 5.83. The first-order chi connectivity index (χ1) is 9.54. The summed E-state index contributed by atoms with van der Waals surface area (Å²) in [5.41, 5.74) is 0. The average Bonchev–Trinajstić information content (AvgIpc) is 3.00. The Hall–Kier alpha value is -0.180. The maximum atomic E-state index is 11.7. The van der Waals surface area contributed by atoms with Gasteiger partial charge in [0.25, 0.3) is 0 Å². The number of unbranched alkanes of at least 4 members (excludes halogenated alkanes) is 1. The molecule has 1 fully saturated rings. The Morgan fingerprint density at radius 1 is 1.45 bits per heavy atom. The van der Waals surface area contributed by atoms with Crippen molar-refractivity contribution in [2.45, 2.75) is 43.1 Å². The smallest absolute Gasteiger partial charge is 0.174 e. The van der Waals surface area contributed by atoms with Gasteiger partial charge in [-0.05, 0) is 25.6 Å². The second kappa shape index (κ2) is 7.20. The van der Waals surface area contributed by atoms with Crippen LogP contribution in [0.2, 0.25) is 0 Å². The molecule has 1 aliphatic heterocycles. The number of aromatic nitrogens is 2. The minimum atomic E-state index is -2.84. The van der Waals surface area contributed by atoms with Crippen molar-refractivity contribution in [1.82, 2.24) is 15.1 Å². The van der Waals surface area contributed by atoms with Crippen molar-refractivity contribution in [3.8, 4) is 0 Å². The van der Waals surface area contributed by atoms with Gasteiger partial charge in [-0.15, -0.1) is 10.2 Å². The Morgan fingerprint density at radius 3 is 2.80 bits per heavy atom. The lowest BCUT2D eigenvalue weighted by molar-refractivity contribution is 0.199. The molecule has 0 N–H and O–H groups in total. The van der Waals surface area contributed by atoms with Gasteiger partial charge in [0.15, 0.2) is 14.2 Å². The van der Waals surface area contributed by atoms with Crippen molar-refractivity contribution in [2.75, 3.05) is 24.3 Å². The van der Waals surface area contributed by atoms with Crippen LogP contribution in [-0.4, -0.2) is 53.9 Å². The van der Waals surface area contributed by atoms with Gasteiger partial charge in [0.2, 0.25) is 0 Å². The van der Waals surface area contributed by atoms with Crippen LogP contribution in [-0.2, 0) is 16.4 Å². The predicted octanol–water partition coefficient (Wildman–Crippen LogP) is 2.05. The fourth-order valence-corrected chi connectivity index (χ4v) is 5.47. The third kappa shape index (κ3) is 4.41. The van der Waals surface area contributed by atoms with Gasteiger partial charge < -0.3 is 0 Å². The summed E-state index contributed by atoms with van der Waals surface area (Å²) in [4.78, 5) is 2.28. The van der Waals surface area contributed by atoms with Gasteiger partial charge in [-0.3, -0.25) is 4.90 Å². The van der Waals surface area contributed by atoms with E-state index in [1.165, 1.54) is 0 Å². The van der Waals surface area contributed by atoms with E-state index >= 15 is 0 Å². The Balaban J connectivity index is 2.03. The molecule has 8 heteroatoms. The van der Waals surface area contributed by atoms with Crippen molar-refractivity contribution >= 4 is 32.9 Å². The van der Waals surface area contributed by atoms with Crippen LogP contribution >= 0.6 is 23.1 Å². The first-order valence-corrected chi connectivity index (χ1v) is 10.7. The number of hydrogen-bond acceptors (Lipinski definition) is 7. The SMILES string of the molecule is CCCCN(Cc1nnc(SC)s1)[C@H]1CCS(=O)(=O)C1. The van der Waals surface area contributed by atoms with Crippen LogP contribution in [0.3, 0.4) is 0 Å². The molecule has 1 saturated heterocycles. The Labute approximate surface area is 129 Å². The van der Waals surface area contributed by atoms with E-state index in [0.717, 1.165) is 41.7 Å². The summed E-state index contributed by atoms with van der Waals surface area (Å²) in [6.45, 7) is 3.81. The standard InChI is InChI=1S/C12H21N3O2S3/c1-3-4-6-15(10-5-7-20(16,17)9-10)8-11-13-14-12(18-2)19-11/h10H,3-9H2,1-2H3/t10-/m0/s1. The minimum absolute atomic E-state index is 0.146. The van der Waals surface area contributed by atoms with Crippen LogP contribution in [0.5, 0.6) is 0 Å².